The molecule has 0 bridgehead atoms. The molecular formula is C14H12N4O2S. The number of urea groups is 1. The van der Waals surface area contributed by atoms with Crippen molar-refractivity contribution in [3.8, 4) is 10.8 Å². The third-order valence-corrected chi connectivity index (χ3v) is 3.54. The zero-order valence-electron chi connectivity index (χ0n) is 11.2. The number of furan rings is 1. The lowest BCUT2D eigenvalue weighted by molar-refractivity contribution is 0.262. The average Bonchev–Trinajstić information content (AvgIpc) is 3.12. The van der Waals surface area contributed by atoms with Gasteiger partial charge in [-0.2, -0.15) is 0 Å². The van der Waals surface area contributed by atoms with E-state index in [0.29, 0.717) is 21.6 Å². The Bertz CT molecular complexity index is 735. The normalized spacial score (nSPS) is 10.3. The van der Waals surface area contributed by atoms with E-state index in [2.05, 4.69) is 20.8 Å². The van der Waals surface area contributed by atoms with Crippen molar-refractivity contribution in [1.29, 1.82) is 0 Å². The third-order valence-electron chi connectivity index (χ3n) is 2.69. The summed E-state index contributed by atoms with van der Waals surface area (Å²) in [6.07, 6.45) is 1.56. The molecule has 0 saturated heterocycles. The highest BCUT2D eigenvalue weighted by Crippen LogP contribution is 2.26. The third kappa shape index (κ3) is 3.26. The molecule has 2 N–H and O–H groups in total. The predicted molar refractivity (Wildman–Crippen MR) is 81.4 cm³/mol. The van der Waals surface area contributed by atoms with Crippen LogP contribution in [-0.2, 0) is 0 Å². The fourth-order valence-corrected chi connectivity index (χ4v) is 2.38. The first-order valence-corrected chi connectivity index (χ1v) is 7.04. The zero-order chi connectivity index (χ0) is 14.7. The predicted octanol–water partition coefficient (Wildman–Crippen LogP) is 3.75. The number of aromatic nitrogens is 2. The molecule has 3 aromatic rings. The van der Waals surface area contributed by atoms with Crippen molar-refractivity contribution in [2.24, 2.45) is 0 Å². The maximum atomic E-state index is 11.9. The molecule has 0 aliphatic carbocycles. The minimum absolute atomic E-state index is 0.360. The molecule has 0 aliphatic heterocycles. The number of nitrogens with zero attached hydrogens (tertiary/aromatic N) is 2. The minimum Gasteiger partial charge on any atom is -0.462 e. The fraction of sp³-hybridized carbons (Fsp3) is 0.0714. The summed E-state index contributed by atoms with van der Waals surface area (Å²) in [5.41, 5.74) is 1.85. The number of amides is 2. The Kier molecular flexibility index (Phi) is 3.65. The molecule has 3 rings (SSSR count). The molecule has 0 spiro atoms. The molecular weight excluding hydrogens is 288 g/mol. The van der Waals surface area contributed by atoms with E-state index in [4.69, 9.17) is 4.42 Å². The van der Waals surface area contributed by atoms with Gasteiger partial charge in [0.1, 0.15) is 0 Å². The quantitative estimate of drug-likeness (QED) is 0.772. The standard InChI is InChI=1S/C14H12N4O2S/c1-9-4-6-10(7-5-9)15-13(19)16-14-18-17-12(21-14)11-3-2-8-20-11/h2-8H,1H3,(H2,15,16,18,19). The van der Waals surface area contributed by atoms with E-state index in [-0.39, 0.29) is 6.03 Å². The lowest BCUT2D eigenvalue weighted by Crippen LogP contribution is -2.19. The van der Waals surface area contributed by atoms with Crippen LogP contribution in [0.2, 0.25) is 0 Å². The van der Waals surface area contributed by atoms with Crippen LogP contribution in [-0.4, -0.2) is 16.2 Å². The molecule has 0 atom stereocenters. The van der Waals surface area contributed by atoms with Gasteiger partial charge in [-0.15, -0.1) is 10.2 Å². The van der Waals surface area contributed by atoms with E-state index in [0.717, 1.165) is 5.56 Å². The second-order valence-corrected chi connectivity index (χ2v) is 5.31. The number of nitrogens with one attached hydrogen (secondary N) is 2. The van der Waals surface area contributed by atoms with E-state index >= 15 is 0 Å². The molecule has 0 saturated carbocycles. The summed E-state index contributed by atoms with van der Waals surface area (Å²) in [5, 5.41) is 14.3. The van der Waals surface area contributed by atoms with Gasteiger partial charge in [-0.1, -0.05) is 29.0 Å². The molecule has 6 nitrogen and oxygen atoms in total. The van der Waals surface area contributed by atoms with Crippen molar-refractivity contribution in [3.05, 3.63) is 48.2 Å². The van der Waals surface area contributed by atoms with Crippen LogP contribution < -0.4 is 10.6 Å². The molecule has 2 heterocycles. The first-order chi connectivity index (χ1) is 10.2. The van der Waals surface area contributed by atoms with Gasteiger partial charge in [0.25, 0.3) is 0 Å². The molecule has 21 heavy (non-hydrogen) atoms. The Balaban J connectivity index is 1.64. The summed E-state index contributed by atoms with van der Waals surface area (Å²) in [7, 11) is 0. The smallest absolute Gasteiger partial charge is 0.325 e. The highest BCUT2D eigenvalue weighted by atomic mass is 32.1. The molecule has 0 aliphatic rings. The number of benzene rings is 1. The van der Waals surface area contributed by atoms with Gasteiger partial charge in [0.05, 0.1) is 6.26 Å². The largest absolute Gasteiger partial charge is 0.462 e. The molecule has 106 valence electrons. The first kappa shape index (κ1) is 13.3. The summed E-state index contributed by atoms with van der Waals surface area (Å²) in [6.45, 7) is 1.99. The number of hydrogen-bond acceptors (Lipinski definition) is 5. The van der Waals surface area contributed by atoms with Crippen molar-refractivity contribution >= 4 is 28.2 Å². The van der Waals surface area contributed by atoms with Crippen molar-refractivity contribution in [1.82, 2.24) is 10.2 Å². The highest BCUT2D eigenvalue weighted by Gasteiger charge is 2.11. The molecule has 7 heteroatoms. The van der Waals surface area contributed by atoms with Crippen molar-refractivity contribution < 1.29 is 9.21 Å². The SMILES string of the molecule is Cc1ccc(NC(=O)Nc2nnc(-c3ccco3)s2)cc1. The summed E-state index contributed by atoms with van der Waals surface area (Å²) >= 11 is 1.24. The Morgan fingerprint density at radius 3 is 2.67 bits per heavy atom. The van der Waals surface area contributed by atoms with Gasteiger partial charge < -0.3 is 9.73 Å². The average molecular weight is 300 g/mol. The van der Waals surface area contributed by atoms with Gasteiger partial charge in [-0.05, 0) is 31.2 Å². The van der Waals surface area contributed by atoms with E-state index < -0.39 is 0 Å². The van der Waals surface area contributed by atoms with Gasteiger partial charge in [0, 0.05) is 5.69 Å². The molecule has 0 unspecified atom stereocenters. The number of rotatable bonds is 3. The molecule has 2 amide bonds. The fourth-order valence-electron chi connectivity index (χ4n) is 1.67. The Morgan fingerprint density at radius 2 is 1.95 bits per heavy atom. The van der Waals surface area contributed by atoms with E-state index in [1.54, 1.807) is 18.4 Å². The van der Waals surface area contributed by atoms with Crippen LogP contribution >= 0.6 is 11.3 Å². The Hall–Kier alpha value is -2.67. The maximum Gasteiger partial charge on any atom is 0.325 e. The minimum atomic E-state index is -0.360. The van der Waals surface area contributed by atoms with Gasteiger partial charge in [-0.25, -0.2) is 4.79 Å². The van der Waals surface area contributed by atoms with Crippen LogP contribution in [0.25, 0.3) is 10.8 Å². The summed E-state index contributed by atoms with van der Waals surface area (Å²) in [5.74, 6) is 0.625. The molecule has 0 radical (unpaired) electrons. The summed E-state index contributed by atoms with van der Waals surface area (Å²) < 4.78 is 5.22. The number of hydrogen-bond donors (Lipinski definition) is 2. The van der Waals surface area contributed by atoms with Crippen molar-refractivity contribution in [2.45, 2.75) is 6.92 Å². The highest BCUT2D eigenvalue weighted by molar-refractivity contribution is 7.18. The van der Waals surface area contributed by atoms with Crippen LogP contribution in [0.1, 0.15) is 5.56 Å². The van der Waals surface area contributed by atoms with Gasteiger partial charge in [-0.3, -0.25) is 5.32 Å². The Morgan fingerprint density at radius 1 is 1.14 bits per heavy atom. The second-order valence-electron chi connectivity index (χ2n) is 4.33. The monoisotopic (exact) mass is 300 g/mol. The molecule has 1 aromatic carbocycles. The number of aryl methyl sites for hydroxylation is 1. The van der Waals surface area contributed by atoms with Crippen LogP contribution in [0, 0.1) is 6.92 Å². The van der Waals surface area contributed by atoms with E-state index in [9.17, 15) is 4.79 Å². The van der Waals surface area contributed by atoms with E-state index in [1.807, 2.05) is 31.2 Å². The summed E-state index contributed by atoms with van der Waals surface area (Å²) in [4.78, 5) is 11.9. The number of anilines is 2. The molecule has 0 fully saturated rings. The second kappa shape index (κ2) is 5.76. The van der Waals surface area contributed by atoms with Gasteiger partial charge in [0.2, 0.25) is 5.13 Å². The van der Waals surface area contributed by atoms with Crippen LogP contribution in [0.5, 0.6) is 0 Å². The van der Waals surface area contributed by atoms with Crippen molar-refractivity contribution in [3.63, 3.8) is 0 Å². The van der Waals surface area contributed by atoms with Crippen LogP contribution in [0.4, 0.5) is 15.6 Å². The van der Waals surface area contributed by atoms with E-state index in [1.165, 1.54) is 11.3 Å². The topological polar surface area (TPSA) is 80.0 Å². The van der Waals surface area contributed by atoms with Crippen LogP contribution in [0.3, 0.4) is 0 Å². The van der Waals surface area contributed by atoms with Crippen molar-refractivity contribution in [2.75, 3.05) is 10.6 Å². The lowest BCUT2D eigenvalue weighted by atomic mass is 10.2. The van der Waals surface area contributed by atoms with Gasteiger partial charge >= 0.3 is 6.03 Å². The first-order valence-electron chi connectivity index (χ1n) is 6.23. The number of carbonyl (C=O) groups is 1. The summed E-state index contributed by atoms with van der Waals surface area (Å²) in [6, 6.07) is 10.7. The zero-order valence-corrected chi connectivity index (χ0v) is 12.0. The maximum absolute atomic E-state index is 11.9. The van der Waals surface area contributed by atoms with Gasteiger partial charge in [0.15, 0.2) is 10.8 Å². The molecule has 2 aromatic heterocycles. The lowest BCUT2D eigenvalue weighted by Gasteiger charge is -2.04. The van der Waals surface area contributed by atoms with Crippen LogP contribution in [0.15, 0.2) is 47.1 Å². The Labute approximate surface area is 124 Å². The number of carbonyl (C=O) groups excluding carboxylic acids is 1.